The van der Waals surface area contributed by atoms with Crippen LogP contribution in [0.25, 0.3) is 0 Å². The minimum atomic E-state index is 0.216. The molecule has 0 saturated heterocycles. The van der Waals surface area contributed by atoms with Crippen LogP contribution in [0.2, 0.25) is 0 Å². The van der Waals surface area contributed by atoms with Gasteiger partial charge in [-0.3, -0.25) is 9.58 Å². The lowest BCUT2D eigenvalue weighted by Gasteiger charge is -2.25. The third-order valence-electron chi connectivity index (χ3n) is 2.94. The van der Waals surface area contributed by atoms with Crippen LogP contribution < -0.4 is 5.73 Å². The van der Waals surface area contributed by atoms with Gasteiger partial charge in [0.25, 0.3) is 0 Å². The third kappa shape index (κ3) is 3.66. The number of hydrogen-bond donors (Lipinski definition) is 1. The second-order valence-electron chi connectivity index (χ2n) is 4.46. The number of aryl methyl sites for hydroxylation is 1. The Labute approximate surface area is 133 Å². The summed E-state index contributed by atoms with van der Waals surface area (Å²) in [4.78, 5) is 3.51. The van der Waals surface area contributed by atoms with E-state index in [1.54, 1.807) is 11.3 Å². The number of rotatable bonds is 5. The highest BCUT2D eigenvalue weighted by atomic mass is 79.9. The standard InChI is InChI=1S/C12H16Br2N4S/c1-17(6-8-5-16-18(2)7-8)10(4-15)11-3-9(13)12(14)19-11/h3,5,7,10H,4,6,15H2,1-2H3. The van der Waals surface area contributed by atoms with E-state index in [1.165, 1.54) is 10.4 Å². The van der Waals surface area contributed by atoms with Crippen molar-refractivity contribution in [2.75, 3.05) is 13.6 Å². The van der Waals surface area contributed by atoms with Crippen molar-refractivity contribution in [2.24, 2.45) is 12.8 Å². The molecule has 2 aromatic rings. The van der Waals surface area contributed by atoms with Gasteiger partial charge in [-0.15, -0.1) is 11.3 Å². The zero-order valence-electron chi connectivity index (χ0n) is 10.8. The van der Waals surface area contributed by atoms with E-state index < -0.39 is 0 Å². The fraction of sp³-hybridized carbons (Fsp3) is 0.417. The van der Waals surface area contributed by atoms with Gasteiger partial charge in [-0.2, -0.15) is 5.10 Å². The van der Waals surface area contributed by atoms with Gasteiger partial charge in [0.15, 0.2) is 0 Å². The molecule has 0 bridgehead atoms. The van der Waals surface area contributed by atoms with E-state index in [0.717, 1.165) is 14.8 Å². The SMILES string of the molecule is CN(Cc1cnn(C)c1)C(CN)c1cc(Br)c(Br)s1. The maximum absolute atomic E-state index is 5.94. The normalized spacial score (nSPS) is 13.2. The molecule has 0 aliphatic rings. The first-order chi connectivity index (χ1) is 9.01. The highest BCUT2D eigenvalue weighted by Crippen LogP contribution is 2.37. The Kier molecular flexibility index (Phi) is 5.19. The summed E-state index contributed by atoms with van der Waals surface area (Å²) in [6.07, 6.45) is 3.93. The average molecular weight is 408 g/mol. The van der Waals surface area contributed by atoms with Crippen LogP contribution in [0.1, 0.15) is 16.5 Å². The lowest BCUT2D eigenvalue weighted by Crippen LogP contribution is -2.29. The second-order valence-corrected chi connectivity index (χ2v) is 7.72. The van der Waals surface area contributed by atoms with Crippen LogP contribution in [0, 0.1) is 0 Å². The molecule has 0 amide bonds. The van der Waals surface area contributed by atoms with Crippen LogP contribution in [0.4, 0.5) is 0 Å². The first kappa shape index (κ1) is 15.2. The minimum absolute atomic E-state index is 0.216. The Hall–Kier alpha value is -0.210. The van der Waals surface area contributed by atoms with E-state index in [4.69, 9.17) is 5.73 Å². The average Bonchev–Trinajstić information content (AvgIpc) is 2.88. The van der Waals surface area contributed by atoms with E-state index >= 15 is 0 Å². The summed E-state index contributed by atoms with van der Waals surface area (Å²) < 4.78 is 4.01. The molecule has 4 nitrogen and oxygen atoms in total. The molecular formula is C12H16Br2N4S. The zero-order valence-corrected chi connectivity index (χ0v) is 14.8. The van der Waals surface area contributed by atoms with E-state index in [1.807, 2.05) is 24.1 Å². The number of aromatic nitrogens is 2. The number of hydrogen-bond acceptors (Lipinski definition) is 4. The smallest absolute Gasteiger partial charge is 0.0843 e. The van der Waals surface area contributed by atoms with Crippen molar-refractivity contribution in [1.29, 1.82) is 0 Å². The van der Waals surface area contributed by atoms with Gasteiger partial charge in [-0.1, -0.05) is 0 Å². The fourth-order valence-corrected chi connectivity index (χ4v) is 4.26. The summed E-state index contributed by atoms with van der Waals surface area (Å²) in [6.45, 7) is 1.43. The molecule has 2 aromatic heterocycles. The zero-order chi connectivity index (χ0) is 14.0. The Morgan fingerprint density at radius 3 is 2.74 bits per heavy atom. The van der Waals surface area contributed by atoms with Crippen molar-refractivity contribution >= 4 is 43.2 Å². The van der Waals surface area contributed by atoms with Crippen molar-refractivity contribution in [3.8, 4) is 0 Å². The molecule has 0 aliphatic heterocycles. The fourth-order valence-electron chi connectivity index (χ4n) is 1.99. The number of thiophene rings is 1. The van der Waals surface area contributed by atoms with Crippen LogP contribution in [-0.2, 0) is 13.6 Å². The first-order valence-electron chi connectivity index (χ1n) is 5.83. The molecule has 2 rings (SSSR count). The van der Waals surface area contributed by atoms with Crippen molar-refractivity contribution in [3.63, 3.8) is 0 Å². The van der Waals surface area contributed by atoms with Gasteiger partial charge in [0, 0.05) is 41.2 Å². The lowest BCUT2D eigenvalue weighted by molar-refractivity contribution is 0.245. The highest BCUT2D eigenvalue weighted by Gasteiger charge is 2.19. The number of nitrogens with zero attached hydrogens (tertiary/aromatic N) is 3. The van der Waals surface area contributed by atoms with E-state index in [9.17, 15) is 0 Å². The maximum atomic E-state index is 5.94. The number of halogens is 2. The number of nitrogens with two attached hydrogens (primary N) is 1. The summed E-state index contributed by atoms with van der Waals surface area (Å²) in [5, 5.41) is 4.19. The predicted octanol–water partition coefficient (Wildman–Crippen LogP) is 3.14. The monoisotopic (exact) mass is 406 g/mol. The molecule has 0 radical (unpaired) electrons. The maximum Gasteiger partial charge on any atom is 0.0843 e. The molecule has 0 aliphatic carbocycles. The molecule has 19 heavy (non-hydrogen) atoms. The molecular weight excluding hydrogens is 392 g/mol. The van der Waals surface area contributed by atoms with Crippen molar-refractivity contribution in [2.45, 2.75) is 12.6 Å². The van der Waals surface area contributed by atoms with E-state index in [2.05, 4.69) is 55.0 Å². The third-order valence-corrected chi connectivity index (χ3v) is 6.30. The summed E-state index contributed by atoms with van der Waals surface area (Å²) in [5.41, 5.74) is 7.13. The Balaban J connectivity index is 2.12. The molecule has 0 saturated carbocycles. The van der Waals surface area contributed by atoms with Crippen LogP contribution in [0.3, 0.4) is 0 Å². The Morgan fingerprint density at radius 2 is 2.26 bits per heavy atom. The molecule has 1 atom stereocenters. The Morgan fingerprint density at radius 1 is 1.53 bits per heavy atom. The van der Waals surface area contributed by atoms with Gasteiger partial charge in [0.05, 0.1) is 16.0 Å². The molecule has 0 aromatic carbocycles. The minimum Gasteiger partial charge on any atom is -0.329 e. The van der Waals surface area contributed by atoms with Crippen LogP contribution in [-0.4, -0.2) is 28.3 Å². The molecule has 2 N–H and O–H groups in total. The van der Waals surface area contributed by atoms with E-state index in [0.29, 0.717) is 6.54 Å². The van der Waals surface area contributed by atoms with Crippen LogP contribution in [0.5, 0.6) is 0 Å². The summed E-state index contributed by atoms with van der Waals surface area (Å²) in [6, 6.07) is 2.35. The van der Waals surface area contributed by atoms with Crippen molar-refractivity contribution in [3.05, 3.63) is 37.2 Å². The van der Waals surface area contributed by atoms with Gasteiger partial charge >= 0.3 is 0 Å². The van der Waals surface area contributed by atoms with Crippen molar-refractivity contribution < 1.29 is 0 Å². The molecule has 104 valence electrons. The topological polar surface area (TPSA) is 47.1 Å². The summed E-state index contributed by atoms with van der Waals surface area (Å²) in [7, 11) is 4.02. The van der Waals surface area contributed by atoms with Gasteiger partial charge < -0.3 is 5.73 Å². The summed E-state index contributed by atoms with van der Waals surface area (Å²) in [5.74, 6) is 0. The molecule has 0 fully saturated rings. The van der Waals surface area contributed by atoms with Gasteiger partial charge in [-0.05, 0) is 45.0 Å². The molecule has 7 heteroatoms. The predicted molar refractivity (Wildman–Crippen MR) is 86.2 cm³/mol. The Bertz CT molecular complexity index is 532. The van der Waals surface area contributed by atoms with Crippen LogP contribution >= 0.6 is 43.2 Å². The molecule has 1 unspecified atom stereocenters. The largest absolute Gasteiger partial charge is 0.329 e. The second kappa shape index (κ2) is 6.49. The lowest BCUT2D eigenvalue weighted by atomic mass is 10.2. The quantitative estimate of drug-likeness (QED) is 0.827. The molecule has 0 spiro atoms. The number of likely N-dealkylation sites (N-methyl/N-ethyl adjacent to an activating group) is 1. The summed E-state index contributed by atoms with van der Waals surface area (Å²) >= 11 is 8.77. The van der Waals surface area contributed by atoms with Crippen molar-refractivity contribution in [1.82, 2.24) is 14.7 Å². The van der Waals surface area contributed by atoms with Crippen LogP contribution in [0.15, 0.2) is 26.7 Å². The van der Waals surface area contributed by atoms with Gasteiger partial charge in [0.2, 0.25) is 0 Å². The van der Waals surface area contributed by atoms with Gasteiger partial charge in [0.1, 0.15) is 0 Å². The first-order valence-corrected chi connectivity index (χ1v) is 8.24. The molecule has 2 heterocycles. The highest BCUT2D eigenvalue weighted by molar-refractivity contribution is 9.13. The van der Waals surface area contributed by atoms with Gasteiger partial charge in [-0.25, -0.2) is 0 Å². The van der Waals surface area contributed by atoms with E-state index in [-0.39, 0.29) is 6.04 Å².